The van der Waals surface area contributed by atoms with Gasteiger partial charge >= 0.3 is 0 Å². The van der Waals surface area contributed by atoms with Crippen LogP contribution in [0.15, 0.2) is 36.4 Å². The lowest BCUT2D eigenvalue weighted by Crippen LogP contribution is -2.30. The van der Waals surface area contributed by atoms with Crippen LogP contribution in [0.2, 0.25) is 10.0 Å². The number of hydrogen-bond donors (Lipinski definition) is 1. The molecule has 23 heavy (non-hydrogen) atoms. The van der Waals surface area contributed by atoms with E-state index in [2.05, 4.69) is 47.0 Å². The Morgan fingerprint density at radius 3 is 2.48 bits per heavy atom. The van der Waals surface area contributed by atoms with Gasteiger partial charge in [0.15, 0.2) is 0 Å². The van der Waals surface area contributed by atoms with Crippen LogP contribution in [0.5, 0.6) is 5.75 Å². The van der Waals surface area contributed by atoms with Gasteiger partial charge in [0.2, 0.25) is 0 Å². The molecule has 1 unspecified atom stereocenters. The van der Waals surface area contributed by atoms with Crippen molar-refractivity contribution < 1.29 is 4.74 Å². The molecule has 124 valence electrons. The highest BCUT2D eigenvalue weighted by Crippen LogP contribution is 2.21. The van der Waals surface area contributed by atoms with E-state index in [1.807, 2.05) is 18.2 Å². The van der Waals surface area contributed by atoms with Gasteiger partial charge in [0, 0.05) is 19.7 Å². The summed E-state index contributed by atoms with van der Waals surface area (Å²) in [7, 11) is 1.70. The molecule has 0 amide bonds. The summed E-state index contributed by atoms with van der Waals surface area (Å²) in [6.07, 6.45) is 1.87. The Bertz CT molecular complexity index is 643. The number of ether oxygens (including phenoxy) is 1. The highest BCUT2D eigenvalue weighted by Gasteiger charge is 2.08. The molecule has 0 spiro atoms. The minimum atomic E-state index is 0.380. The minimum absolute atomic E-state index is 0.380. The Labute approximate surface area is 161 Å². The van der Waals surface area contributed by atoms with Crippen molar-refractivity contribution in [2.75, 3.05) is 13.7 Å². The van der Waals surface area contributed by atoms with Crippen LogP contribution in [0.25, 0.3) is 0 Å². The number of rotatable bonds is 7. The average Bonchev–Trinajstić information content (AvgIpc) is 2.48. The summed E-state index contributed by atoms with van der Waals surface area (Å²) in [4.78, 5) is 0. The highest BCUT2D eigenvalue weighted by atomic mass is 127. The van der Waals surface area contributed by atoms with Gasteiger partial charge in [0.1, 0.15) is 5.75 Å². The molecule has 1 atom stereocenters. The molecule has 0 aliphatic carbocycles. The molecule has 0 saturated heterocycles. The van der Waals surface area contributed by atoms with Crippen molar-refractivity contribution in [2.45, 2.75) is 25.8 Å². The van der Waals surface area contributed by atoms with E-state index in [0.29, 0.717) is 16.1 Å². The molecule has 0 aliphatic heterocycles. The summed E-state index contributed by atoms with van der Waals surface area (Å²) in [5.41, 5.74) is 2.45. The zero-order chi connectivity index (χ0) is 16.8. The van der Waals surface area contributed by atoms with E-state index >= 15 is 0 Å². The third-order valence-electron chi connectivity index (χ3n) is 3.61. The first-order valence-corrected chi connectivity index (χ1v) is 9.32. The predicted molar refractivity (Wildman–Crippen MR) is 107 cm³/mol. The number of methoxy groups -OCH3 is 1. The third-order valence-corrected chi connectivity index (χ3v) is 5.10. The number of halogens is 3. The van der Waals surface area contributed by atoms with Crippen LogP contribution < -0.4 is 10.1 Å². The lowest BCUT2D eigenvalue weighted by atomic mass is 10.1. The quantitative estimate of drug-likeness (QED) is 0.557. The Balaban J connectivity index is 1.86. The van der Waals surface area contributed by atoms with E-state index in [0.717, 1.165) is 30.7 Å². The maximum absolute atomic E-state index is 6.03. The fourth-order valence-corrected chi connectivity index (χ4v) is 3.58. The van der Waals surface area contributed by atoms with E-state index in [9.17, 15) is 0 Å². The van der Waals surface area contributed by atoms with Crippen molar-refractivity contribution in [3.05, 3.63) is 61.1 Å². The second-order valence-electron chi connectivity index (χ2n) is 5.54. The summed E-state index contributed by atoms with van der Waals surface area (Å²) in [5.74, 6) is 0.904. The van der Waals surface area contributed by atoms with Gasteiger partial charge in [0.25, 0.3) is 0 Å². The van der Waals surface area contributed by atoms with Gasteiger partial charge in [-0.3, -0.25) is 0 Å². The predicted octanol–water partition coefficient (Wildman–Crippen LogP) is 5.37. The lowest BCUT2D eigenvalue weighted by Gasteiger charge is -2.16. The van der Waals surface area contributed by atoms with Crippen LogP contribution in [0.3, 0.4) is 0 Å². The van der Waals surface area contributed by atoms with E-state index < -0.39 is 0 Å². The van der Waals surface area contributed by atoms with Crippen molar-refractivity contribution in [2.24, 2.45) is 0 Å². The molecule has 0 heterocycles. The smallest absolute Gasteiger partial charge is 0.119 e. The van der Waals surface area contributed by atoms with Crippen LogP contribution >= 0.6 is 45.8 Å². The molecule has 2 aromatic carbocycles. The van der Waals surface area contributed by atoms with Gasteiger partial charge in [-0.2, -0.15) is 0 Å². The fourth-order valence-electron chi connectivity index (χ4n) is 2.45. The van der Waals surface area contributed by atoms with E-state index in [-0.39, 0.29) is 0 Å². The molecule has 1 N–H and O–H groups in total. The molecule has 5 heteroatoms. The van der Waals surface area contributed by atoms with Crippen molar-refractivity contribution in [3.8, 4) is 5.75 Å². The summed E-state index contributed by atoms with van der Waals surface area (Å²) in [5, 5.41) is 4.93. The molecule has 0 aliphatic rings. The fraction of sp³-hybridized carbons (Fsp3) is 0.333. The monoisotopic (exact) mass is 463 g/mol. The zero-order valence-electron chi connectivity index (χ0n) is 13.2. The van der Waals surface area contributed by atoms with Crippen LogP contribution in [0.4, 0.5) is 0 Å². The average molecular weight is 464 g/mol. The SMILES string of the molecule is COc1ccc(I)c(CC(C)NCCc2cc(Cl)cc(Cl)c2)c1. The summed E-state index contributed by atoms with van der Waals surface area (Å²) >= 11 is 14.4. The van der Waals surface area contributed by atoms with Crippen molar-refractivity contribution >= 4 is 45.8 Å². The van der Waals surface area contributed by atoms with Crippen molar-refractivity contribution in [3.63, 3.8) is 0 Å². The maximum Gasteiger partial charge on any atom is 0.119 e. The Hall–Kier alpha value is -0.490. The van der Waals surface area contributed by atoms with Gasteiger partial charge in [-0.05, 0) is 96.4 Å². The number of benzene rings is 2. The van der Waals surface area contributed by atoms with Gasteiger partial charge in [-0.15, -0.1) is 0 Å². The molecule has 0 fully saturated rings. The normalized spacial score (nSPS) is 12.2. The molecular weight excluding hydrogens is 444 g/mol. The molecule has 2 nitrogen and oxygen atoms in total. The van der Waals surface area contributed by atoms with Crippen LogP contribution in [0, 0.1) is 3.57 Å². The first-order chi connectivity index (χ1) is 11.0. The number of nitrogens with one attached hydrogen (secondary N) is 1. The maximum atomic E-state index is 6.03. The first-order valence-electron chi connectivity index (χ1n) is 7.48. The number of hydrogen-bond acceptors (Lipinski definition) is 2. The Morgan fingerprint density at radius 1 is 1.13 bits per heavy atom. The highest BCUT2D eigenvalue weighted by molar-refractivity contribution is 14.1. The molecule has 2 rings (SSSR count). The summed E-state index contributed by atoms with van der Waals surface area (Å²) in [6.45, 7) is 3.08. The van der Waals surface area contributed by atoms with Crippen LogP contribution in [-0.4, -0.2) is 19.7 Å². The van der Waals surface area contributed by atoms with E-state index in [1.165, 1.54) is 9.13 Å². The lowest BCUT2D eigenvalue weighted by molar-refractivity contribution is 0.413. The second-order valence-corrected chi connectivity index (χ2v) is 7.58. The molecular formula is C18H20Cl2INO. The zero-order valence-corrected chi connectivity index (χ0v) is 16.9. The van der Waals surface area contributed by atoms with Gasteiger partial charge in [-0.25, -0.2) is 0 Å². The van der Waals surface area contributed by atoms with Crippen LogP contribution in [-0.2, 0) is 12.8 Å². The van der Waals surface area contributed by atoms with E-state index in [1.54, 1.807) is 13.2 Å². The van der Waals surface area contributed by atoms with Crippen LogP contribution in [0.1, 0.15) is 18.1 Å². The summed E-state index contributed by atoms with van der Waals surface area (Å²) in [6, 6.07) is 12.3. The third kappa shape index (κ3) is 6.14. The molecule has 2 aromatic rings. The standard InChI is InChI=1S/C18H20Cl2INO/c1-12(7-14-10-17(23-2)3-4-18(14)21)22-6-5-13-8-15(19)11-16(20)9-13/h3-4,8-12,22H,5-7H2,1-2H3. The van der Waals surface area contributed by atoms with Crippen molar-refractivity contribution in [1.29, 1.82) is 0 Å². The van der Waals surface area contributed by atoms with E-state index in [4.69, 9.17) is 27.9 Å². The topological polar surface area (TPSA) is 21.3 Å². The largest absolute Gasteiger partial charge is 0.497 e. The Kier molecular flexibility index (Phi) is 7.47. The Morgan fingerprint density at radius 2 is 1.83 bits per heavy atom. The van der Waals surface area contributed by atoms with Gasteiger partial charge in [0.05, 0.1) is 7.11 Å². The molecule has 0 aromatic heterocycles. The molecule has 0 radical (unpaired) electrons. The first kappa shape index (κ1) is 18.8. The van der Waals surface area contributed by atoms with Crippen molar-refractivity contribution in [1.82, 2.24) is 5.32 Å². The molecule has 0 bridgehead atoms. The minimum Gasteiger partial charge on any atom is -0.497 e. The van der Waals surface area contributed by atoms with Gasteiger partial charge < -0.3 is 10.1 Å². The van der Waals surface area contributed by atoms with Gasteiger partial charge in [-0.1, -0.05) is 23.2 Å². The molecule has 0 saturated carbocycles. The summed E-state index contributed by atoms with van der Waals surface area (Å²) < 4.78 is 6.57. The second kappa shape index (κ2) is 9.11.